The van der Waals surface area contributed by atoms with E-state index in [0.717, 1.165) is 6.07 Å². The average Bonchev–Trinajstić information content (AvgIpc) is 2.23. The summed E-state index contributed by atoms with van der Waals surface area (Å²) < 4.78 is 39.6. The highest BCUT2D eigenvalue weighted by Crippen LogP contribution is 2.18. The molecule has 0 saturated heterocycles. The van der Waals surface area contributed by atoms with Gasteiger partial charge in [-0.05, 0) is 18.2 Å². The number of halogens is 2. The van der Waals surface area contributed by atoms with Crippen molar-refractivity contribution in [3.05, 3.63) is 28.5 Å². The first-order valence-electron chi connectivity index (χ1n) is 5.02. The normalized spacial score (nSPS) is 11.3. The first-order valence-corrected chi connectivity index (χ1v) is 7.29. The van der Waals surface area contributed by atoms with Crippen LogP contribution in [-0.2, 0) is 14.8 Å². The largest absolute Gasteiger partial charge is 0.355 e. The number of nitrogens with one attached hydrogen (secondary N) is 2. The highest BCUT2D eigenvalue weighted by atomic mass is 79.9. The molecule has 0 aromatic heterocycles. The van der Waals surface area contributed by atoms with Crippen LogP contribution in [0.2, 0.25) is 0 Å². The van der Waals surface area contributed by atoms with Gasteiger partial charge in [0.25, 0.3) is 0 Å². The molecule has 0 radical (unpaired) electrons. The molecule has 0 heterocycles. The molecule has 2 N–H and O–H groups in total. The van der Waals surface area contributed by atoms with Crippen LogP contribution in [0.3, 0.4) is 0 Å². The molecule has 0 unspecified atom stereocenters. The highest BCUT2D eigenvalue weighted by Gasteiger charge is 2.18. The predicted molar refractivity (Wildman–Crippen MR) is 68.0 cm³/mol. The van der Waals surface area contributed by atoms with Crippen LogP contribution in [0.15, 0.2) is 27.6 Å². The monoisotopic (exact) mass is 338 g/mol. The number of carbonyl (C=O) groups excluding carboxylic acids is 1. The lowest BCUT2D eigenvalue weighted by Gasteiger charge is -2.08. The van der Waals surface area contributed by atoms with Crippen LogP contribution in [0, 0.1) is 5.82 Å². The van der Waals surface area contributed by atoms with Crippen molar-refractivity contribution in [1.82, 2.24) is 10.0 Å². The predicted octanol–water partition coefficient (Wildman–Crippen LogP) is 1.00. The summed E-state index contributed by atoms with van der Waals surface area (Å²) in [6, 6.07) is 3.67. The number of rotatable bonds is 5. The summed E-state index contributed by atoms with van der Waals surface area (Å²) in [5.41, 5.74) is 0. The molecule has 1 amide bonds. The summed E-state index contributed by atoms with van der Waals surface area (Å²) in [6.45, 7) is 1.47. The summed E-state index contributed by atoms with van der Waals surface area (Å²) >= 11 is 3.04. The molecule has 0 saturated carbocycles. The summed E-state index contributed by atoms with van der Waals surface area (Å²) in [6.07, 6.45) is 0. The van der Waals surface area contributed by atoms with Gasteiger partial charge in [0.1, 0.15) is 10.7 Å². The van der Waals surface area contributed by atoms with E-state index in [2.05, 4.69) is 26.0 Å². The van der Waals surface area contributed by atoms with E-state index >= 15 is 0 Å². The van der Waals surface area contributed by atoms with Crippen LogP contribution >= 0.6 is 15.9 Å². The summed E-state index contributed by atoms with van der Waals surface area (Å²) in [4.78, 5) is 10.2. The van der Waals surface area contributed by atoms with Crippen molar-refractivity contribution in [3.63, 3.8) is 0 Å². The van der Waals surface area contributed by atoms with Crippen molar-refractivity contribution in [2.75, 3.05) is 13.1 Å². The molecule has 0 aliphatic carbocycles. The van der Waals surface area contributed by atoms with E-state index in [1.807, 2.05) is 0 Å². The Kier molecular flexibility index (Phi) is 5.24. The average molecular weight is 339 g/mol. The van der Waals surface area contributed by atoms with Gasteiger partial charge in [0.15, 0.2) is 0 Å². The molecule has 5 nitrogen and oxygen atoms in total. The van der Waals surface area contributed by atoms with E-state index in [0.29, 0.717) is 4.47 Å². The first kappa shape index (κ1) is 15.1. The van der Waals surface area contributed by atoms with Crippen molar-refractivity contribution in [3.8, 4) is 0 Å². The van der Waals surface area contributed by atoms with E-state index in [1.165, 1.54) is 19.1 Å². The van der Waals surface area contributed by atoms with E-state index in [4.69, 9.17) is 0 Å². The molecule has 1 aromatic rings. The Labute approximate surface area is 113 Å². The molecular formula is C10H12BrFN2O3S. The number of amides is 1. The Balaban J connectivity index is 2.71. The van der Waals surface area contributed by atoms with Crippen molar-refractivity contribution in [2.24, 2.45) is 0 Å². The minimum absolute atomic E-state index is 0.00256. The molecule has 1 aromatic carbocycles. The maximum Gasteiger partial charge on any atom is 0.243 e. The van der Waals surface area contributed by atoms with Crippen LogP contribution in [0.5, 0.6) is 0 Å². The minimum atomic E-state index is -3.90. The van der Waals surface area contributed by atoms with E-state index < -0.39 is 20.7 Å². The molecule has 0 aliphatic rings. The Morgan fingerprint density at radius 1 is 1.39 bits per heavy atom. The zero-order chi connectivity index (χ0) is 13.8. The van der Waals surface area contributed by atoms with Gasteiger partial charge in [0.2, 0.25) is 15.9 Å². The first-order chi connectivity index (χ1) is 8.33. The molecule has 18 heavy (non-hydrogen) atoms. The Hall–Kier alpha value is -0.990. The van der Waals surface area contributed by atoms with Gasteiger partial charge in [-0.1, -0.05) is 15.9 Å². The molecule has 8 heteroatoms. The quantitative estimate of drug-likeness (QED) is 0.786. The third-order valence-electron chi connectivity index (χ3n) is 1.97. The molecule has 0 atom stereocenters. The van der Waals surface area contributed by atoms with Gasteiger partial charge in [0, 0.05) is 24.5 Å². The van der Waals surface area contributed by atoms with Gasteiger partial charge in [-0.15, -0.1) is 0 Å². The van der Waals surface area contributed by atoms with Gasteiger partial charge in [-0.3, -0.25) is 4.79 Å². The lowest BCUT2D eigenvalue weighted by molar-refractivity contribution is -0.118. The van der Waals surface area contributed by atoms with Gasteiger partial charge in [-0.25, -0.2) is 17.5 Å². The number of sulfonamides is 1. The smallest absolute Gasteiger partial charge is 0.243 e. The SMILES string of the molecule is CC(=O)NCCNS(=O)(=O)c1ccc(Br)cc1F. The van der Waals surface area contributed by atoms with E-state index in [-0.39, 0.29) is 19.0 Å². The van der Waals surface area contributed by atoms with Crippen LogP contribution in [0.4, 0.5) is 4.39 Å². The Bertz CT molecular complexity index is 548. The molecular weight excluding hydrogens is 327 g/mol. The van der Waals surface area contributed by atoms with Gasteiger partial charge < -0.3 is 5.32 Å². The lowest BCUT2D eigenvalue weighted by Crippen LogP contribution is -2.34. The maximum absolute atomic E-state index is 13.5. The zero-order valence-electron chi connectivity index (χ0n) is 9.54. The Morgan fingerprint density at radius 3 is 2.61 bits per heavy atom. The second kappa shape index (κ2) is 6.26. The molecule has 0 aliphatic heterocycles. The second-order valence-corrected chi connectivity index (χ2v) is 6.11. The highest BCUT2D eigenvalue weighted by molar-refractivity contribution is 9.10. The van der Waals surface area contributed by atoms with Crippen molar-refractivity contribution < 1.29 is 17.6 Å². The van der Waals surface area contributed by atoms with Gasteiger partial charge in [-0.2, -0.15) is 0 Å². The van der Waals surface area contributed by atoms with Gasteiger partial charge >= 0.3 is 0 Å². The summed E-state index contributed by atoms with van der Waals surface area (Å²) in [5, 5.41) is 2.43. The lowest BCUT2D eigenvalue weighted by atomic mass is 10.3. The summed E-state index contributed by atoms with van der Waals surface area (Å²) in [5.74, 6) is -1.10. The fourth-order valence-electron chi connectivity index (χ4n) is 1.19. The summed E-state index contributed by atoms with van der Waals surface area (Å²) in [7, 11) is -3.90. The molecule has 100 valence electrons. The van der Waals surface area contributed by atoms with Crippen molar-refractivity contribution in [1.29, 1.82) is 0 Å². The van der Waals surface area contributed by atoms with E-state index in [1.54, 1.807) is 0 Å². The van der Waals surface area contributed by atoms with E-state index in [9.17, 15) is 17.6 Å². The van der Waals surface area contributed by atoms with Crippen molar-refractivity contribution in [2.45, 2.75) is 11.8 Å². The fraction of sp³-hybridized carbons (Fsp3) is 0.300. The van der Waals surface area contributed by atoms with Crippen LogP contribution in [0.1, 0.15) is 6.92 Å². The topological polar surface area (TPSA) is 75.3 Å². The third kappa shape index (κ3) is 4.35. The van der Waals surface area contributed by atoms with Gasteiger partial charge in [0.05, 0.1) is 0 Å². The molecule has 1 rings (SSSR count). The molecule has 0 spiro atoms. The number of benzene rings is 1. The number of carbonyl (C=O) groups is 1. The zero-order valence-corrected chi connectivity index (χ0v) is 11.9. The Morgan fingerprint density at radius 2 is 2.06 bits per heavy atom. The van der Waals surface area contributed by atoms with Crippen LogP contribution in [0.25, 0.3) is 0 Å². The molecule has 0 bridgehead atoms. The number of hydrogen-bond acceptors (Lipinski definition) is 3. The van der Waals surface area contributed by atoms with Crippen LogP contribution in [-0.4, -0.2) is 27.4 Å². The number of hydrogen-bond donors (Lipinski definition) is 2. The van der Waals surface area contributed by atoms with Crippen molar-refractivity contribution >= 4 is 31.9 Å². The minimum Gasteiger partial charge on any atom is -0.355 e. The standard InChI is InChI=1S/C10H12BrFN2O3S/c1-7(15)13-4-5-14-18(16,17)10-3-2-8(11)6-9(10)12/h2-3,6,14H,4-5H2,1H3,(H,13,15). The third-order valence-corrected chi connectivity index (χ3v) is 3.96. The second-order valence-electron chi connectivity index (χ2n) is 3.46. The maximum atomic E-state index is 13.5. The fourth-order valence-corrected chi connectivity index (χ4v) is 2.62. The van der Waals surface area contributed by atoms with Crippen LogP contribution < -0.4 is 10.0 Å². The molecule has 0 fully saturated rings.